The summed E-state index contributed by atoms with van der Waals surface area (Å²) in [6.07, 6.45) is 0. The molecule has 190 valence electrons. The van der Waals surface area contributed by atoms with Crippen LogP contribution in [0.25, 0.3) is 0 Å². The van der Waals surface area contributed by atoms with Gasteiger partial charge in [0.1, 0.15) is 0 Å². The summed E-state index contributed by atoms with van der Waals surface area (Å²) >= 11 is 0. The van der Waals surface area contributed by atoms with E-state index in [0.717, 1.165) is 0 Å². The summed E-state index contributed by atoms with van der Waals surface area (Å²) in [5, 5.41) is 46.8. The van der Waals surface area contributed by atoms with Crippen LogP contribution in [0.15, 0.2) is 68.8 Å². The van der Waals surface area contributed by atoms with Crippen LogP contribution < -0.4 is 0 Å². The van der Waals surface area contributed by atoms with Crippen LogP contribution in [0.5, 0.6) is 0 Å². The molecule has 14 nitrogen and oxygen atoms in total. The SMILES string of the molecule is CC(=Nc1ccc([N+](=O)[O-])cc1)/C(C)=N\[O-].CC(=Nc1ccc([N+](=O)[O-])cc1)/C(C)=N\[O-].O.O.[Fe+2]. The van der Waals surface area contributed by atoms with Crippen molar-refractivity contribution in [2.24, 2.45) is 20.3 Å². The summed E-state index contributed by atoms with van der Waals surface area (Å²) in [7, 11) is 0. The topological polar surface area (TPSA) is 245 Å². The smallest absolute Gasteiger partial charge is 0.792 e. The van der Waals surface area contributed by atoms with Crippen molar-refractivity contribution in [1.29, 1.82) is 0 Å². The van der Waals surface area contributed by atoms with E-state index in [9.17, 15) is 30.6 Å². The number of nitrogens with zero attached hydrogens (tertiary/aromatic N) is 6. The fourth-order valence-corrected chi connectivity index (χ4v) is 1.98. The molecule has 0 saturated heterocycles. The Morgan fingerprint density at radius 2 is 0.857 bits per heavy atom. The first-order chi connectivity index (χ1) is 15.1. The molecule has 0 saturated carbocycles. The maximum absolute atomic E-state index is 10.4. The van der Waals surface area contributed by atoms with Gasteiger partial charge in [-0.3, -0.25) is 30.2 Å². The Morgan fingerprint density at radius 1 is 0.600 bits per heavy atom. The monoisotopic (exact) mass is 532 g/mol. The Hall–Kier alpha value is -4.04. The Balaban J connectivity index is -0.000000539. The van der Waals surface area contributed by atoms with Crippen molar-refractivity contribution < 1.29 is 37.9 Å². The van der Waals surface area contributed by atoms with Gasteiger partial charge in [-0.2, -0.15) is 0 Å². The number of nitro benzene ring substituents is 2. The molecule has 0 fully saturated rings. The molecule has 4 N–H and O–H groups in total. The van der Waals surface area contributed by atoms with Gasteiger partial charge in [-0.1, -0.05) is 0 Å². The third-order valence-corrected chi connectivity index (χ3v) is 4.04. The van der Waals surface area contributed by atoms with Crippen molar-refractivity contribution in [3.05, 3.63) is 79.2 Å². The van der Waals surface area contributed by atoms with E-state index in [1.54, 1.807) is 27.7 Å². The molecule has 2 aromatic carbocycles. The largest absolute Gasteiger partial charge is 2.00 e. The number of nitro groups is 2. The van der Waals surface area contributed by atoms with Gasteiger partial charge >= 0.3 is 17.1 Å². The second-order valence-electron chi connectivity index (χ2n) is 6.29. The summed E-state index contributed by atoms with van der Waals surface area (Å²) < 4.78 is 0. The van der Waals surface area contributed by atoms with Crippen LogP contribution in [0.3, 0.4) is 0 Å². The van der Waals surface area contributed by atoms with Gasteiger partial charge in [0.15, 0.2) is 0 Å². The zero-order chi connectivity index (χ0) is 24.3. The fourth-order valence-electron chi connectivity index (χ4n) is 1.98. The fraction of sp³-hybridized carbons (Fsp3) is 0.200. The molecule has 0 aliphatic carbocycles. The van der Waals surface area contributed by atoms with Crippen LogP contribution in [0, 0.1) is 30.6 Å². The van der Waals surface area contributed by atoms with E-state index in [4.69, 9.17) is 0 Å². The van der Waals surface area contributed by atoms with Crippen LogP contribution in [0.2, 0.25) is 0 Å². The number of rotatable bonds is 6. The molecule has 0 heterocycles. The van der Waals surface area contributed by atoms with E-state index in [-0.39, 0.29) is 39.4 Å². The predicted octanol–water partition coefficient (Wildman–Crippen LogP) is 3.64. The summed E-state index contributed by atoms with van der Waals surface area (Å²) in [5.74, 6) is 0. The molecule has 0 spiro atoms. The summed E-state index contributed by atoms with van der Waals surface area (Å²) in [6, 6.07) is 11.5. The Bertz CT molecular complexity index is 996. The van der Waals surface area contributed by atoms with Gasteiger partial charge in [0.05, 0.1) is 32.6 Å². The Labute approximate surface area is 210 Å². The van der Waals surface area contributed by atoms with Crippen LogP contribution in [0.1, 0.15) is 27.7 Å². The van der Waals surface area contributed by atoms with Crippen molar-refractivity contribution in [3.63, 3.8) is 0 Å². The third kappa shape index (κ3) is 12.1. The van der Waals surface area contributed by atoms with E-state index < -0.39 is 9.85 Å². The molecule has 0 bridgehead atoms. The minimum Gasteiger partial charge on any atom is -0.792 e. The van der Waals surface area contributed by atoms with E-state index in [2.05, 4.69) is 20.3 Å². The van der Waals surface area contributed by atoms with Crippen LogP contribution in [-0.2, 0) is 17.1 Å². The number of aliphatic imine (C=N–C) groups is 2. The zero-order valence-corrected chi connectivity index (χ0v) is 20.2. The molecule has 0 aromatic heterocycles. The van der Waals surface area contributed by atoms with Gasteiger partial charge in [0.25, 0.3) is 11.4 Å². The molecular formula is C20H24FeN6O8. The van der Waals surface area contributed by atoms with Gasteiger partial charge in [0.2, 0.25) is 0 Å². The first kappa shape index (κ1) is 35.5. The Morgan fingerprint density at radius 3 is 1.06 bits per heavy atom. The maximum Gasteiger partial charge on any atom is 2.00 e. The van der Waals surface area contributed by atoms with Crippen molar-refractivity contribution in [2.75, 3.05) is 0 Å². The van der Waals surface area contributed by atoms with Crippen LogP contribution in [0.4, 0.5) is 22.7 Å². The minimum absolute atomic E-state index is 0. The second kappa shape index (κ2) is 17.4. The van der Waals surface area contributed by atoms with Gasteiger partial charge in [-0.15, -0.1) is 0 Å². The van der Waals surface area contributed by atoms with Gasteiger partial charge < -0.3 is 31.7 Å². The molecule has 2 aromatic rings. The number of hydrogen-bond acceptors (Lipinski definition) is 10. The Kier molecular flexibility index (Phi) is 17.7. The maximum atomic E-state index is 10.4. The van der Waals surface area contributed by atoms with E-state index in [1.165, 1.54) is 48.5 Å². The van der Waals surface area contributed by atoms with E-state index in [0.29, 0.717) is 34.2 Å². The predicted molar refractivity (Wildman–Crippen MR) is 132 cm³/mol. The minimum atomic E-state index is -0.481. The van der Waals surface area contributed by atoms with Crippen molar-refractivity contribution in [2.45, 2.75) is 27.7 Å². The average Bonchev–Trinajstić information content (AvgIpc) is 2.78. The molecule has 0 amide bonds. The summed E-state index contributed by atoms with van der Waals surface area (Å²) in [5.41, 5.74) is 2.67. The summed E-state index contributed by atoms with van der Waals surface area (Å²) in [4.78, 5) is 28.0. The first-order valence-electron chi connectivity index (χ1n) is 9.03. The quantitative estimate of drug-likeness (QED) is 0.232. The van der Waals surface area contributed by atoms with Crippen molar-refractivity contribution >= 4 is 45.6 Å². The average molecular weight is 532 g/mol. The standard InChI is InChI=1S/2C10H11N3O3.Fe.2H2O/c2*1-7(8(2)12-14)11-9-3-5-10(6-4-9)13(15)16;;;/h2*3-6,14H,1-2H3;;2*1H2/q;;+2;;/p-2/b2*11-7?,12-8-;;;. The molecule has 15 heteroatoms. The zero-order valence-electron chi connectivity index (χ0n) is 19.1. The van der Waals surface area contributed by atoms with Gasteiger partial charge in [-0.05, 0) is 52.0 Å². The first-order valence-corrected chi connectivity index (χ1v) is 9.03. The van der Waals surface area contributed by atoms with Crippen molar-refractivity contribution in [3.8, 4) is 0 Å². The van der Waals surface area contributed by atoms with E-state index >= 15 is 0 Å². The molecule has 0 aliphatic rings. The second-order valence-corrected chi connectivity index (χ2v) is 6.29. The number of hydrogen-bond donors (Lipinski definition) is 0. The molecule has 0 atom stereocenters. The van der Waals surface area contributed by atoms with Crippen LogP contribution in [-0.4, -0.2) is 43.6 Å². The van der Waals surface area contributed by atoms with Crippen molar-refractivity contribution in [1.82, 2.24) is 0 Å². The molecule has 0 radical (unpaired) electrons. The molecule has 2 rings (SSSR count). The molecular weight excluding hydrogens is 508 g/mol. The molecule has 0 aliphatic heterocycles. The summed E-state index contributed by atoms with van der Waals surface area (Å²) in [6.45, 7) is 6.41. The number of non-ortho nitro benzene ring substituents is 2. The molecule has 35 heavy (non-hydrogen) atoms. The normalized spacial score (nSPS) is 11.5. The van der Waals surface area contributed by atoms with Crippen LogP contribution >= 0.6 is 0 Å². The number of benzene rings is 2. The van der Waals surface area contributed by atoms with E-state index in [1.807, 2.05) is 0 Å². The van der Waals surface area contributed by atoms with Gasteiger partial charge in [-0.25, -0.2) is 0 Å². The molecule has 0 unspecified atom stereocenters. The van der Waals surface area contributed by atoms with Gasteiger partial charge in [0, 0.05) is 35.7 Å². The third-order valence-electron chi connectivity index (χ3n) is 4.04.